The van der Waals surface area contributed by atoms with Crippen LogP contribution in [0.3, 0.4) is 0 Å². The molecule has 2 aromatic rings. The van der Waals surface area contributed by atoms with Crippen LogP contribution in [0.1, 0.15) is 20.3 Å². The number of aliphatic imine (C=N–C) groups is 1. The van der Waals surface area contributed by atoms with Crippen molar-refractivity contribution in [1.29, 1.82) is 0 Å². The summed E-state index contributed by atoms with van der Waals surface area (Å²) in [7, 11) is 1.64. The minimum absolute atomic E-state index is 0.603. The van der Waals surface area contributed by atoms with Crippen molar-refractivity contribution in [3.05, 3.63) is 29.8 Å². The number of nitrogens with one attached hydrogen (secondary N) is 2. The predicted octanol–water partition coefficient (Wildman–Crippen LogP) is 4.11. The summed E-state index contributed by atoms with van der Waals surface area (Å²) in [5.74, 6) is 3.21. The lowest BCUT2D eigenvalue weighted by Crippen LogP contribution is -2.30. The predicted molar refractivity (Wildman–Crippen MR) is 111 cm³/mol. The van der Waals surface area contributed by atoms with Gasteiger partial charge in [0, 0.05) is 42.2 Å². The van der Waals surface area contributed by atoms with Crippen molar-refractivity contribution in [1.82, 2.24) is 10.3 Å². The number of anilines is 1. The molecule has 0 aliphatic carbocycles. The molecular weight excluding hydrogens is 368 g/mol. The third-order valence-electron chi connectivity index (χ3n) is 3.28. The zero-order valence-corrected chi connectivity index (χ0v) is 17.1. The standard InChI is InChI=1S/C18H26N4O2S2/c1-4-19-17(20-9-6-11-25-18-21-10-12-26-18)22-14-7-8-15(24-5-2)16(13-14)23-3/h7-8,10,12-13H,4-6,9,11H2,1-3H3,(H2,19,20,22). The number of thiazole rings is 1. The SMILES string of the molecule is CCNC(=NCCCSc1nccs1)Nc1ccc(OCC)c(OC)c1. The fourth-order valence-electron chi connectivity index (χ4n) is 2.16. The zero-order chi connectivity index (χ0) is 18.6. The van der Waals surface area contributed by atoms with E-state index in [9.17, 15) is 0 Å². The van der Waals surface area contributed by atoms with E-state index in [-0.39, 0.29) is 0 Å². The normalized spacial score (nSPS) is 11.3. The Labute approximate surface area is 163 Å². The number of guanidine groups is 1. The second-order valence-electron chi connectivity index (χ2n) is 5.18. The van der Waals surface area contributed by atoms with E-state index in [1.807, 2.05) is 43.6 Å². The summed E-state index contributed by atoms with van der Waals surface area (Å²) in [4.78, 5) is 8.90. The molecule has 0 atom stereocenters. The first-order chi connectivity index (χ1) is 12.8. The van der Waals surface area contributed by atoms with Gasteiger partial charge in [0.15, 0.2) is 17.5 Å². The van der Waals surface area contributed by atoms with Crippen molar-refractivity contribution in [3.8, 4) is 11.5 Å². The lowest BCUT2D eigenvalue weighted by Gasteiger charge is -2.14. The molecule has 0 fully saturated rings. The van der Waals surface area contributed by atoms with Crippen LogP contribution in [0.25, 0.3) is 0 Å². The highest BCUT2D eigenvalue weighted by Crippen LogP contribution is 2.30. The summed E-state index contributed by atoms with van der Waals surface area (Å²) >= 11 is 3.45. The summed E-state index contributed by atoms with van der Waals surface area (Å²) in [5.41, 5.74) is 0.905. The van der Waals surface area contributed by atoms with Crippen molar-refractivity contribution >= 4 is 34.7 Å². The molecule has 0 aliphatic rings. The molecule has 0 saturated heterocycles. The van der Waals surface area contributed by atoms with E-state index in [4.69, 9.17) is 9.47 Å². The molecule has 1 heterocycles. The fraction of sp³-hybridized carbons (Fsp3) is 0.444. The summed E-state index contributed by atoms with van der Waals surface area (Å²) in [6.45, 7) is 6.16. The molecule has 0 radical (unpaired) electrons. The first-order valence-corrected chi connectivity index (χ1v) is 10.5. The molecule has 0 unspecified atom stereocenters. The van der Waals surface area contributed by atoms with E-state index in [1.54, 1.807) is 30.2 Å². The highest BCUT2D eigenvalue weighted by Gasteiger charge is 2.07. The second-order valence-corrected chi connectivity index (χ2v) is 7.42. The Morgan fingerprint density at radius 3 is 2.88 bits per heavy atom. The highest BCUT2D eigenvalue weighted by atomic mass is 32.2. The van der Waals surface area contributed by atoms with Crippen molar-refractivity contribution in [2.24, 2.45) is 4.99 Å². The monoisotopic (exact) mass is 394 g/mol. The van der Waals surface area contributed by atoms with Gasteiger partial charge in [-0.3, -0.25) is 4.99 Å². The van der Waals surface area contributed by atoms with Crippen molar-refractivity contribution in [3.63, 3.8) is 0 Å². The second kappa shape index (κ2) is 11.6. The summed E-state index contributed by atoms with van der Waals surface area (Å²) in [6.07, 6.45) is 2.83. The van der Waals surface area contributed by atoms with Crippen LogP contribution < -0.4 is 20.1 Å². The number of hydrogen-bond acceptors (Lipinski definition) is 6. The number of aromatic nitrogens is 1. The third-order valence-corrected chi connectivity index (χ3v) is 5.33. The van der Waals surface area contributed by atoms with E-state index in [0.29, 0.717) is 12.4 Å². The van der Waals surface area contributed by atoms with E-state index < -0.39 is 0 Å². The van der Waals surface area contributed by atoms with Gasteiger partial charge in [-0.25, -0.2) is 4.98 Å². The first kappa shape index (κ1) is 20.4. The molecule has 0 spiro atoms. The van der Waals surface area contributed by atoms with E-state index >= 15 is 0 Å². The molecule has 2 rings (SSSR count). The van der Waals surface area contributed by atoms with Crippen molar-refractivity contribution < 1.29 is 9.47 Å². The topological polar surface area (TPSA) is 67.8 Å². The smallest absolute Gasteiger partial charge is 0.195 e. The van der Waals surface area contributed by atoms with Gasteiger partial charge in [-0.15, -0.1) is 11.3 Å². The van der Waals surface area contributed by atoms with E-state index in [0.717, 1.165) is 47.0 Å². The number of ether oxygens (including phenoxy) is 2. The molecule has 8 heteroatoms. The Morgan fingerprint density at radius 2 is 2.19 bits per heavy atom. The summed E-state index contributed by atoms with van der Waals surface area (Å²) < 4.78 is 12.1. The molecule has 1 aromatic carbocycles. The van der Waals surface area contributed by atoms with Crippen LogP contribution in [0.5, 0.6) is 11.5 Å². The van der Waals surface area contributed by atoms with Crippen LogP contribution in [0.4, 0.5) is 5.69 Å². The lowest BCUT2D eigenvalue weighted by molar-refractivity contribution is 0.311. The Hall–Kier alpha value is -1.93. The number of hydrogen-bond donors (Lipinski definition) is 2. The molecule has 2 N–H and O–H groups in total. The van der Waals surface area contributed by atoms with Gasteiger partial charge in [0.2, 0.25) is 0 Å². The van der Waals surface area contributed by atoms with Gasteiger partial charge >= 0.3 is 0 Å². The van der Waals surface area contributed by atoms with Gasteiger partial charge in [-0.05, 0) is 32.4 Å². The van der Waals surface area contributed by atoms with Crippen LogP contribution in [-0.2, 0) is 0 Å². The van der Waals surface area contributed by atoms with Gasteiger partial charge < -0.3 is 20.1 Å². The Balaban J connectivity index is 1.89. The van der Waals surface area contributed by atoms with Gasteiger partial charge in [-0.2, -0.15) is 0 Å². The average Bonchev–Trinajstić information content (AvgIpc) is 3.16. The Bertz CT molecular complexity index is 678. The zero-order valence-electron chi connectivity index (χ0n) is 15.4. The first-order valence-electron chi connectivity index (χ1n) is 8.65. The summed E-state index contributed by atoms with van der Waals surface area (Å²) in [5, 5.41) is 8.58. The molecule has 6 nitrogen and oxygen atoms in total. The molecule has 0 amide bonds. The van der Waals surface area contributed by atoms with E-state index in [1.165, 1.54) is 0 Å². The maximum Gasteiger partial charge on any atom is 0.195 e. The number of benzene rings is 1. The molecule has 142 valence electrons. The van der Waals surface area contributed by atoms with Gasteiger partial charge in [0.1, 0.15) is 4.34 Å². The van der Waals surface area contributed by atoms with Crippen LogP contribution in [-0.4, -0.2) is 43.5 Å². The Morgan fingerprint density at radius 1 is 1.31 bits per heavy atom. The molecule has 1 aromatic heterocycles. The number of rotatable bonds is 10. The van der Waals surface area contributed by atoms with Gasteiger partial charge in [0.05, 0.1) is 13.7 Å². The summed E-state index contributed by atoms with van der Waals surface area (Å²) in [6, 6.07) is 5.77. The number of thioether (sulfide) groups is 1. The van der Waals surface area contributed by atoms with Crippen LogP contribution in [0.15, 0.2) is 39.1 Å². The molecule has 0 aliphatic heterocycles. The molecule has 26 heavy (non-hydrogen) atoms. The Kier molecular flexibility index (Phi) is 9.13. The maximum absolute atomic E-state index is 5.55. The average molecular weight is 395 g/mol. The minimum atomic E-state index is 0.603. The quantitative estimate of drug-likeness (QED) is 0.274. The van der Waals surface area contributed by atoms with Gasteiger partial charge in [-0.1, -0.05) is 11.8 Å². The van der Waals surface area contributed by atoms with E-state index in [2.05, 4.69) is 20.6 Å². The van der Waals surface area contributed by atoms with Crippen LogP contribution in [0, 0.1) is 0 Å². The molecular formula is C18H26N4O2S2. The third kappa shape index (κ3) is 6.76. The minimum Gasteiger partial charge on any atom is -0.493 e. The molecule has 0 saturated carbocycles. The number of nitrogens with zero attached hydrogens (tertiary/aromatic N) is 2. The lowest BCUT2D eigenvalue weighted by atomic mass is 10.2. The fourth-order valence-corrected chi connectivity index (χ4v) is 3.79. The van der Waals surface area contributed by atoms with Crippen LogP contribution >= 0.6 is 23.1 Å². The maximum atomic E-state index is 5.55. The van der Waals surface area contributed by atoms with Crippen molar-refractivity contribution in [2.45, 2.75) is 24.6 Å². The molecule has 0 bridgehead atoms. The highest BCUT2D eigenvalue weighted by molar-refractivity contribution is 8.00. The largest absolute Gasteiger partial charge is 0.493 e. The number of methoxy groups -OCH3 is 1. The van der Waals surface area contributed by atoms with Crippen LogP contribution in [0.2, 0.25) is 0 Å². The van der Waals surface area contributed by atoms with Gasteiger partial charge in [0.25, 0.3) is 0 Å². The van der Waals surface area contributed by atoms with Crippen molar-refractivity contribution in [2.75, 3.05) is 37.9 Å².